The Morgan fingerprint density at radius 3 is 1.62 bits per heavy atom. The van der Waals surface area contributed by atoms with Gasteiger partial charge in [-0.2, -0.15) is 26.0 Å². The highest BCUT2D eigenvalue weighted by molar-refractivity contribution is 7.48. The SMILES string of the molecule is CCCCCCCCCCCCCCCCCCOC[C@H](COP(=O)(OC[C@H]1O[C@@](C#N)(c2ccc3c(N)ncnn23)[C@H](O)[C@@H]1O)OC[C@H]1O[C@@](C#N)(c2ccc3c(N)ncnn23)[C@H](O)[C@@H]1O)OCc1cc(C#N)ccc1OC. The van der Waals surface area contributed by atoms with E-state index >= 15 is 4.57 Å². The fourth-order valence-electron chi connectivity index (χ4n) is 10.00. The second-order valence-electron chi connectivity index (χ2n) is 20.0. The first kappa shape index (κ1) is 60.8. The molecule has 5 aromatic rings. The Morgan fingerprint density at radius 1 is 0.684 bits per heavy atom. The quantitative estimate of drug-likeness (QED) is 0.0197. The lowest BCUT2D eigenvalue weighted by atomic mass is 9.92. The van der Waals surface area contributed by atoms with Crippen LogP contribution in [0.15, 0.2) is 55.1 Å². The standard InChI is InChI=1S/C54H74N11O13P/c1-3-4-5-6-7-8-9-10-11-12-13-14-15-16-17-18-25-72-29-39(73-28-38-26-37(27-55)19-22-42(38)71-2)30-74-79(70,75-31-43-47(66)49(68)53(33-56,77-43)45-23-20-40-51(58)60-35-62-64(40)45)76-32-44-48(67)50(69)54(34-57,78-44)46-24-21-41-52(59)61-36-63-65(41)46/h19-24,26,35-36,39,43-44,47-50,66-69H,3-18,25,28-32H2,1-2H3,(H2,58,60,62)(H2,59,61,63)/t39-,43-,44-,47-,48-,49-,50-,53+,54+/m1/s1. The molecule has 1 aromatic carbocycles. The molecule has 24 nitrogen and oxygen atoms in total. The molecule has 25 heteroatoms. The minimum atomic E-state index is -4.98. The van der Waals surface area contributed by atoms with Crippen molar-refractivity contribution in [2.24, 2.45) is 0 Å². The third kappa shape index (κ3) is 14.5. The number of phosphoric ester groups is 1. The molecule has 0 bridgehead atoms. The summed E-state index contributed by atoms with van der Waals surface area (Å²) >= 11 is 0. The zero-order chi connectivity index (χ0) is 56.4. The average Bonchev–Trinajstić information content (AvgIpc) is 4.39. The van der Waals surface area contributed by atoms with Crippen molar-refractivity contribution in [1.82, 2.24) is 29.2 Å². The van der Waals surface area contributed by atoms with Gasteiger partial charge in [-0.3, -0.25) is 13.6 Å². The lowest BCUT2D eigenvalue weighted by Gasteiger charge is -2.26. The molecule has 0 amide bonds. The van der Waals surface area contributed by atoms with Gasteiger partial charge in [-0.05, 0) is 48.9 Å². The van der Waals surface area contributed by atoms with Gasteiger partial charge in [0.2, 0.25) is 11.2 Å². The molecule has 0 spiro atoms. The van der Waals surface area contributed by atoms with Crippen LogP contribution in [0.5, 0.6) is 5.75 Å². The largest absolute Gasteiger partial charge is 0.496 e. The van der Waals surface area contributed by atoms with Crippen LogP contribution in [0.3, 0.4) is 0 Å². The van der Waals surface area contributed by atoms with E-state index in [4.69, 9.17) is 48.7 Å². The number of rotatable bonds is 34. The Labute approximate surface area is 459 Å². The number of nitrogens with zero attached hydrogens (tertiary/aromatic N) is 9. The Morgan fingerprint density at radius 2 is 1.16 bits per heavy atom. The summed E-state index contributed by atoms with van der Waals surface area (Å²) in [6, 6.07) is 16.7. The molecule has 2 saturated heterocycles. The molecule has 0 saturated carbocycles. The highest BCUT2D eigenvalue weighted by atomic mass is 31.2. The van der Waals surface area contributed by atoms with Crippen molar-refractivity contribution in [2.45, 2.75) is 170 Å². The maximum absolute atomic E-state index is 15.0. The number of phosphoric acid groups is 1. The van der Waals surface area contributed by atoms with Crippen molar-refractivity contribution in [3.63, 3.8) is 0 Å². The smallest absolute Gasteiger partial charge is 0.475 e. The maximum Gasteiger partial charge on any atom is 0.475 e. The molecule has 2 aliphatic heterocycles. The number of anilines is 2. The Bertz CT molecular complexity index is 2800. The molecular weight excluding hydrogens is 1040 g/mol. The molecule has 2 fully saturated rings. The Kier molecular flexibility index (Phi) is 22.3. The second-order valence-corrected chi connectivity index (χ2v) is 21.7. The number of nitrogen functional groups attached to an aromatic ring is 2. The molecule has 79 heavy (non-hydrogen) atoms. The van der Waals surface area contributed by atoms with Crippen LogP contribution in [-0.2, 0) is 54.9 Å². The van der Waals surface area contributed by atoms with E-state index in [0.717, 1.165) is 38.3 Å². The maximum atomic E-state index is 15.0. The van der Waals surface area contributed by atoms with Gasteiger partial charge in [-0.1, -0.05) is 103 Å². The number of fused-ring (bicyclic) bond motifs is 2. The minimum absolute atomic E-state index is 0.00263. The van der Waals surface area contributed by atoms with E-state index in [1.54, 1.807) is 18.2 Å². The first-order valence-electron chi connectivity index (χ1n) is 27.2. The molecule has 0 radical (unpaired) electrons. The fraction of sp³-hybridized carbons (Fsp3) is 0.611. The van der Waals surface area contributed by atoms with Crippen molar-refractivity contribution in [1.29, 1.82) is 15.8 Å². The fourth-order valence-corrected chi connectivity index (χ4v) is 11.2. The number of nitrogens with two attached hydrogens (primary N) is 2. The molecule has 7 rings (SSSR count). The van der Waals surface area contributed by atoms with Crippen LogP contribution in [0.2, 0.25) is 0 Å². The van der Waals surface area contributed by atoms with Gasteiger partial charge in [-0.15, -0.1) is 0 Å². The number of benzene rings is 1. The van der Waals surface area contributed by atoms with Crippen LogP contribution in [0, 0.1) is 34.0 Å². The number of nitriles is 3. The Hall–Kier alpha value is -5.88. The normalized spacial score (nSPS) is 23.5. The van der Waals surface area contributed by atoms with Crippen LogP contribution >= 0.6 is 7.82 Å². The van der Waals surface area contributed by atoms with E-state index < -0.39 is 81.6 Å². The molecule has 2 aliphatic rings. The lowest BCUT2D eigenvalue weighted by Crippen LogP contribution is -2.41. The molecule has 8 N–H and O–H groups in total. The summed E-state index contributed by atoms with van der Waals surface area (Å²) in [6.07, 6.45) is 10.2. The third-order valence-electron chi connectivity index (χ3n) is 14.5. The van der Waals surface area contributed by atoms with E-state index in [2.05, 4.69) is 33.2 Å². The molecule has 6 heterocycles. The summed E-state index contributed by atoms with van der Waals surface area (Å²) in [6.45, 7) is 0.270. The van der Waals surface area contributed by atoms with Gasteiger partial charge < -0.3 is 55.6 Å². The van der Waals surface area contributed by atoms with Gasteiger partial charge in [0.05, 0.1) is 63.2 Å². The van der Waals surface area contributed by atoms with Crippen molar-refractivity contribution in [3.05, 3.63) is 77.6 Å². The molecular formula is C54H74N11O13P. The van der Waals surface area contributed by atoms with E-state index in [0.29, 0.717) is 23.5 Å². The number of aliphatic hydroxyl groups is 4. The van der Waals surface area contributed by atoms with Crippen molar-refractivity contribution < 1.29 is 62.2 Å². The molecule has 9 atom stereocenters. The van der Waals surface area contributed by atoms with Gasteiger partial charge in [-0.25, -0.2) is 23.6 Å². The number of unbranched alkanes of at least 4 members (excludes halogenated alkanes) is 15. The van der Waals surface area contributed by atoms with Gasteiger partial charge in [0.15, 0.2) is 11.6 Å². The van der Waals surface area contributed by atoms with Gasteiger partial charge in [0.1, 0.15) is 84.3 Å². The number of ether oxygens (including phenoxy) is 5. The van der Waals surface area contributed by atoms with Crippen molar-refractivity contribution in [3.8, 4) is 24.0 Å². The zero-order valence-corrected chi connectivity index (χ0v) is 45.8. The highest BCUT2D eigenvalue weighted by Crippen LogP contribution is 2.52. The van der Waals surface area contributed by atoms with E-state index in [1.807, 2.05) is 12.1 Å². The predicted molar refractivity (Wildman–Crippen MR) is 285 cm³/mol. The van der Waals surface area contributed by atoms with Crippen LogP contribution in [0.1, 0.15) is 132 Å². The summed E-state index contributed by atoms with van der Waals surface area (Å²) in [7, 11) is -3.51. The predicted octanol–water partition coefficient (Wildman–Crippen LogP) is 6.22. The minimum Gasteiger partial charge on any atom is -0.496 e. The number of hydrogen-bond donors (Lipinski definition) is 6. The molecule has 0 unspecified atom stereocenters. The van der Waals surface area contributed by atoms with Crippen LogP contribution in [0.4, 0.5) is 11.6 Å². The monoisotopic (exact) mass is 1120 g/mol. The number of aromatic nitrogens is 6. The summed E-state index contributed by atoms with van der Waals surface area (Å²) in [4.78, 5) is 7.91. The number of aliphatic hydroxyl groups excluding tert-OH is 4. The lowest BCUT2D eigenvalue weighted by molar-refractivity contribution is -0.0803. The third-order valence-corrected chi connectivity index (χ3v) is 15.9. The summed E-state index contributed by atoms with van der Waals surface area (Å²) in [5.74, 6) is 0.572. The van der Waals surface area contributed by atoms with Crippen molar-refractivity contribution >= 4 is 30.5 Å². The van der Waals surface area contributed by atoms with Gasteiger partial charge >= 0.3 is 7.82 Å². The molecule has 0 aliphatic carbocycles. The summed E-state index contributed by atoms with van der Waals surface area (Å²) in [5.41, 5.74) is 9.00. The van der Waals surface area contributed by atoms with Crippen LogP contribution in [-0.4, -0.2) is 132 Å². The van der Waals surface area contributed by atoms with Gasteiger partial charge in [0.25, 0.3) is 0 Å². The Balaban J connectivity index is 1.03. The first-order chi connectivity index (χ1) is 38.3. The average molecular weight is 1120 g/mol. The highest BCUT2D eigenvalue weighted by Gasteiger charge is 2.59. The second kappa shape index (κ2) is 29.0. The zero-order valence-electron chi connectivity index (χ0n) is 44.9. The molecule has 428 valence electrons. The topological polar surface area (TPSA) is 356 Å². The van der Waals surface area contributed by atoms with Gasteiger partial charge in [0, 0.05) is 12.2 Å². The van der Waals surface area contributed by atoms with E-state index in [1.165, 1.54) is 117 Å². The van der Waals surface area contributed by atoms with Crippen molar-refractivity contribution in [2.75, 3.05) is 51.6 Å². The number of hydrogen-bond acceptors (Lipinski definition) is 22. The van der Waals surface area contributed by atoms with Crippen LogP contribution < -0.4 is 16.2 Å². The summed E-state index contributed by atoms with van der Waals surface area (Å²) < 4.78 is 65.3. The summed E-state index contributed by atoms with van der Waals surface area (Å²) in [5, 5.41) is 84.7. The number of methoxy groups -OCH3 is 1. The first-order valence-corrected chi connectivity index (χ1v) is 28.6. The molecule has 4 aromatic heterocycles. The van der Waals surface area contributed by atoms with Crippen LogP contribution in [0.25, 0.3) is 11.0 Å². The van der Waals surface area contributed by atoms with E-state index in [-0.39, 0.29) is 47.3 Å². The van der Waals surface area contributed by atoms with E-state index in [9.17, 15) is 36.2 Å².